The predicted octanol–water partition coefficient (Wildman–Crippen LogP) is 1.66. The summed E-state index contributed by atoms with van der Waals surface area (Å²) in [5.74, 6) is 0.480. The van der Waals surface area contributed by atoms with Crippen molar-refractivity contribution in [2.24, 2.45) is 11.7 Å². The molecule has 7 heteroatoms. The third kappa shape index (κ3) is 6.52. The summed E-state index contributed by atoms with van der Waals surface area (Å²) in [5, 5.41) is 0. The molecular formula is C14H22N2O3S2. The largest absolute Gasteiger partial charge is 0.389 e. The summed E-state index contributed by atoms with van der Waals surface area (Å²) in [4.78, 5) is 0.444. The van der Waals surface area contributed by atoms with Crippen LogP contribution in [-0.2, 0) is 14.8 Å². The average Bonchev–Trinajstić information content (AvgIpc) is 2.42. The first-order valence-electron chi connectivity index (χ1n) is 6.80. The van der Waals surface area contributed by atoms with Crippen LogP contribution in [0.2, 0.25) is 0 Å². The van der Waals surface area contributed by atoms with Crippen LogP contribution in [0.15, 0.2) is 29.2 Å². The van der Waals surface area contributed by atoms with Crippen molar-refractivity contribution in [3.63, 3.8) is 0 Å². The Hall–Kier alpha value is -1.02. The number of nitrogens with two attached hydrogens (primary N) is 1. The van der Waals surface area contributed by atoms with Crippen molar-refractivity contribution in [2.75, 3.05) is 19.8 Å². The normalized spacial score (nSPS) is 11.8. The van der Waals surface area contributed by atoms with E-state index in [-0.39, 0.29) is 9.88 Å². The molecule has 0 heterocycles. The molecule has 118 valence electrons. The van der Waals surface area contributed by atoms with Crippen LogP contribution < -0.4 is 10.5 Å². The zero-order valence-corrected chi connectivity index (χ0v) is 14.0. The average molecular weight is 330 g/mol. The van der Waals surface area contributed by atoms with Crippen LogP contribution in [0.4, 0.5) is 0 Å². The Labute approximate surface area is 131 Å². The molecule has 0 aromatic heterocycles. The molecule has 0 spiro atoms. The summed E-state index contributed by atoms with van der Waals surface area (Å²) in [6, 6.07) is 6.18. The van der Waals surface area contributed by atoms with E-state index in [2.05, 4.69) is 18.6 Å². The van der Waals surface area contributed by atoms with Crippen LogP contribution in [0.5, 0.6) is 0 Å². The van der Waals surface area contributed by atoms with Crippen LogP contribution in [0.25, 0.3) is 0 Å². The Kier molecular flexibility index (Phi) is 7.24. The van der Waals surface area contributed by atoms with Crippen LogP contribution in [0, 0.1) is 5.92 Å². The van der Waals surface area contributed by atoms with E-state index in [1.54, 1.807) is 12.1 Å². The van der Waals surface area contributed by atoms with Gasteiger partial charge in [0.05, 0.1) is 4.90 Å². The molecule has 1 aromatic carbocycles. The molecular weight excluding hydrogens is 308 g/mol. The van der Waals surface area contributed by atoms with Gasteiger partial charge in [0, 0.05) is 25.3 Å². The maximum atomic E-state index is 12.0. The van der Waals surface area contributed by atoms with Crippen molar-refractivity contribution in [1.82, 2.24) is 4.72 Å². The number of thiocarbonyl (C=S) groups is 1. The van der Waals surface area contributed by atoms with E-state index in [9.17, 15) is 8.42 Å². The number of sulfonamides is 1. The van der Waals surface area contributed by atoms with Crippen molar-refractivity contribution in [1.29, 1.82) is 0 Å². The third-order valence-electron chi connectivity index (χ3n) is 2.66. The van der Waals surface area contributed by atoms with Gasteiger partial charge in [-0.1, -0.05) is 38.2 Å². The zero-order valence-electron chi connectivity index (χ0n) is 12.3. The molecule has 21 heavy (non-hydrogen) atoms. The van der Waals surface area contributed by atoms with Gasteiger partial charge in [-0.25, -0.2) is 13.1 Å². The third-order valence-corrected chi connectivity index (χ3v) is 4.37. The van der Waals surface area contributed by atoms with Crippen LogP contribution >= 0.6 is 12.2 Å². The van der Waals surface area contributed by atoms with E-state index >= 15 is 0 Å². The molecule has 5 nitrogen and oxygen atoms in total. The maximum Gasteiger partial charge on any atom is 0.240 e. The second-order valence-corrected chi connectivity index (χ2v) is 7.32. The molecule has 0 aliphatic carbocycles. The first-order valence-corrected chi connectivity index (χ1v) is 8.69. The SMILES string of the molecule is CC(C)COCCCNS(=O)(=O)c1ccc(C(N)=S)cc1. The lowest BCUT2D eigenvalue weighted by atomic mass is 10.2. The lowest BCUT2D eigenvalue weighted by molar-refractivity contribution is 0.108. The van der Waals surface area contributed by atoms with Gasteiger partial charge < -0.3 is 10.5 Å². The fourth-order valence-corrected chi connectivity index (χ4v) is 2.79. The minimum absolute atomic E-state index is 0.200. The number of ether oxygens (including phenoxy) is 1. The standard InChI is InChI=1S/C14H22N2O3S2/c1-11(2)10-19-9-3-8-16-21(17,18)13-6-4-12(5-7-13)14(15)20/h4-7,11,16H,3,8-10H2,1-2H3,(H2,15,20). The van der Waals surface area contributed by atoms with Crippen molar-refractivity contribution in [3.8, 4) is 0 Å². The molecule has 0 bridgehead atoms. The lowest BCUT2D eigenvalue weighted by Crippen LogP contribution is -2.25. The highest BCUT2D eigenvalue weighted by Gasteiger charge is 2.13. The van der Waals surface area contributed by atoms with E-state index in [4.69, 9.17) is 22.7 Å². The predicted molar refractivity (Wildman–Crippen MR) is 87.8 cm³/mol. The van der Waals surface area contributed by atoms with Gasteiger partial charge in [-0.3, -0.25) is 0 Å². The summed E-state index contributed by atoms with van der Waals surface area (Å²) in [5.41, 5.74) is 6.12. The number of nitrogens with one attached hydrogen (secondary N) is 1. The topological polar surface area (TPSA) is 81.4 Å². The highest BCUT2D eigenvalue weighted by molar-refractivity contribution is 7.89. The molecule has 0 unspecified atom stereocenters. The molecule has 0 aliphatic rings. The van der Waals surface area contributed by atoms with Crippen LogP contribution in [-0.4, -0.2) is 33.2 Å². The highest BCUT2D eigenvalue weighted by Crippen LogP contribution is 2.10. The highest BCUT2D eigenvalue weighted by atomic mass is 32.2. The molecule has 0 saturated carbocycles. The van der Waals surface area contributed by atoms with E-state index in [1.165, 1.54) is 12.1 Å². The molecule has 0 aliphatic heterocycles. The molecule has 0 atom stereocenters. The van der Waals surface area contributed by atoms with Gasteiger partial charge >= 0.3 is 0 Å². The second kappa shape index (κ2) is 8.43. The van der Waals surface area contributed by atoms with Crippen molar-refractivity contribution in [3.05, 3.63) is 29.8 Å². The van der Waals surface area contributed by atoms with E-state index < -0.39 is 10.0 Å². The quantitative estimate of drug-likeness (QED) is 0.532. The molecule has 1 aromatic rings. The molecule has 0 fully saturated rings. The Morgan fingerprint density at radius 1 is 1.33 bits per heavy atom. The minimum Gasteiger partial charge on any atom is -0.389 e. The number of rotatable bonds is 9. The Balaban J connectivity index is 2.44. The van der Waals surface area contributed by atoms with Gasteiger partial charge in [-0.15, -0.1) is 0 Å². The summed E-state index contributed by atoms with van der Waals surface area (Å²) < 4.78 is 32.0. The minimum atomic E-state index is -3.50. The fourth-order valence-electron chi connectivity index (χ4n) is 1.58. The smallest absolute Gasteiger partial charge is 0.240 e. The second-order valence-electron chi connectivity index (χ2n) is 5.11. The fraction of sp³-hybridized carbons (Fsp3) is 0.500. The first kappa shape index (κ1) is 18.0. The Bertz CT molecular complexity index is 554. The number of hydrogen-bond acceptors (Lipinski definition) is 4. The lowest BCUT2D eigenvalue weighted by Gasteiger charge is -2.09. The molecule has 1 rings (SSSR count). The van der Waals surface area contributed by atoms with E-state index in [0.717, 1.165) is 0 Å². The van der Waals surface area contributed by atoms with Gasteiger partial charge in [-0.05, 0) is 24.5 Å². The van der Waals surface area contributed by atoms with Crippen LogP contribution in [0.1, 0.15) is 25.8 Å². The number of benzene rings is 1. The van der Waals surface area contributed by atoms with Gasteiger partial charge in [0.25, 0.3) is 0 Å². The Morgan fingerprint density at radius 2 is 1.95 bits per heavy atom. The molecule has 0 amide bonds. The molecule has 0 radical (unpaired) electrons. The number of hydrogen-bond donors (Lipinski definition) is 2. The zero-order chi connectivity index (χ0) is 15.9. The Morgan fingerprint density at radius 3 is 2.48 bits per heavy atom. The van der Waals surface area contributed by atoms with E-state index in [1.807, 2.05) is 0 Å². The van der Waals surface area contributed by atoms with Crippen molar-refractivity contribution >= 4 is 27.2 Å². The summed E-state index contributed by atoms with van der Waals surface area (Å²) in [6.07, 6.45) is 0.636. The van der Waals surface area contributed by atoms with Crippen molar-refractivity contribution in [2.45, 2.75) is 25.2 Å². The van der Waals surface area contributed by atoms with Gasteiger partial charge in [0.15, 0.2) is 0 Å². The first-order chi connectivity index (χ1) is 9.83. The summed E-state index contributed by atoms with van der Waals surface area (Å²) >= 11 is 4.83. The summed E-state index contributed by atoms with van der Waals surface area (Å²) in [7, 11) is -3.50. The van der Waals surface area contributed by atoms with Gasteiger partial charge in [0.2, 0.25) is 10.0 Å². The molecule has 3 N–H and O–H groups in total. The monoisotopic (exact) mass is 330 g/mol. The maximum absolute atomic E-state index is 12.0. The van der Waals surface area contributed by atoms with Crippen LogP contribution in [0.3, 0.4) is 0 Å². The van der Waals surface area contributed by atoms with Gasteiger partial charge in [0.1, 0.15) is 4.99 Å². The van der Waals surface area contributed by atoms with Gasteiger partial charge in [-0.2, -0.15) is 0 Å². The van der Waals surface area contributed by atoms with E-state index in [0.29, 0.717) is 37.7 Å². The summed E-state index contributed by atoms with van der Waals surface area (Å²) in [6.45, 7) is 5.71. The molecule has 0 saturated heterocycles. The van der Waals surface area contributed by atoms with Crippen molar-refractivity contribution < 1.29 is 13.2 Å².